The summed E-state index contributed by atoms with van der Waals surface area (Å²) in [6.07, 6.45) is -4.89. The van der Waals surface area contributed by atoms with Gasteiger partial charge < -0.3 is 39.1 Å². The number of esters is 3. The van der Waals surface area contributed by atoms with Crippen LogP contribution in [0.15, 0.2) is 30.3 Å². The number of nitrogens with one attached hydrogen (secondary N) is 2. The van der Waals surface area contributed by atoms with Crippen LogP contribution in [0.2, 0.25) is 0 Å². The quantitative estimate of drug-likeness (QED) is 0.221. The molecule has 5 atom stereocenters. The van der Waals surface area contributed by atoms with Gasteiger partial charge in [-0.1, -0.05) is 30.3 Å². The van der Waals surface area contributed by atoms with Crippen LogP contribution in [0.5, 0.6) is 0 Å². The lowest BCUT2D eigenvalue weighted by Crippen LogP contribution is -2.66. The number of carbonyl (C=O) groups excluding carboxylic acids is 5. The molecule has 1 fully saturated rings. The van der Waals surface area contributed by atoms with Gasteiger partial charge in [0.15, 0.2) is 18.5 Å². The molecule has 210 valence electrons. The molecule has 1 aliphatic rings. The predicted molar refractivity (Wildman–Crippen MR) is 129 cm³/mol. The topological polar surface area (TPSA) is 165 Å². The third kappa shape index (κ3) is 10.7. The molecule has 2 amide bonds. The van der Waals surface area contributed by atoms with Crippen LogP contribution in [-0.2, 0) is 54.2 Å². The minimum atomic E-state index is -1.20. The van der Waals surface area contributed by atoms with Crippen molar-refractivity contribution in [1.29, 1.82) is 0 Å². The molecule has 1 heterocycles. The number of rotatable bonds is 12. The van der Waals surface area contributed by atoms with Crippen molar-refractivity contribution in [3.63, 3.8) is 0 Å². The van der Waals surface area contributed by atoms with E-state index < -0.39 is 60.6 Å². The Balaban J connectivity index is 2.01. The number of ether oxygens (including phenoxy) is 6. The smallest absolute Gasteiger partial charge is 0.407 e. The van der Waals surface area contributed by atoms with Gasteiger partial charge in [-0.15, -0.1) is 0 Å². The monoisotopic (exact) mass is 538 g/mol. The van der Waals surface area contributed by atoms with Crippen LogP contribution in [0.25, 0.3) is 0 Å². The van der Waals surface area contributed by atoms with Gasteiger partial charge in [-0.3, -0.25) is 19.2 Å². The van der Waals surface area contributed by atoms with Gasteiger partial charge in [-0.2, -0.15) is 0 Å². The molecule has 0 bridgehead atoms. The second kappa shape index (κ2) is 15.5. The molecule has 1 aromatic carbocycles. The zero-order chi connectivity index (χ0) is 28.1. The minimum Gasteiger partial charge on any atom is -0.463 e. The highest BCUT2D eigenvalue weighted by atomic mass is 16.7. The van der Waals surface area contributed by atoms with Gasteiger partial charge in [0.05, 0.1) is 6.61 Å². The molecule has 1 saturated heterocycles. The molecule has 0 saturated carbocycles. The molecule has 13 nitrogen and oxygen atoms in total. The predicted octanol–water partition coefficient (Wildman–Crippen LogP) is 0.976. The highest BCUT2D eigenvalue weighted by Gasteiger charge is 2.51. The van der Waals surface area contributed by atoms with Gasteiger partial charge >= 0.3 is 24.0 Å². The molecule has 2 rings (SSSR count). The summed E-state index contributed by atoms with van der Waals surface area (Å²) in [4.78, 5) is 58.9. The Bertz CT molecular complexity index is 956. The fraction of sp³-hybridized carbons (Fsp3) is 0.560. The van der Waals surface area contributed by atoms with Crippen LogP contribution < -0.4 is 10.6 Å². The van der Waals surface area contributed by atoms with Crippen LogP contribution in [-0.4, -0.2) is 80.3 Å². The van der Waals surface area contributed by atoms with E-state index in [1.807, 2.05) is 30.3 Å². The fourth-order valence-electron chi connectivity index (χ4n) is 3.67. The normalized spacial score (nSPS) is 22.5. The largest absolute Gasteiger partial charge is 0.463 e. The lowest BCUT2D eigenvalue weighted by Gasteiger charge is -2.44. The summed E-state index contributed by atoms with van der Waals surface area (Å²) in [7, 11) is 0. The van der Waals surface area contributed by atoms with Gasteiger partial charge in [0, 0.05) is 34.2 Å². The second-order valence-electron chi connectivity index (χ2n) is 8.43. The van der Waals surface area contributed by atoms with Crippen molar-refractivity contribution in [2.24, 2.45) is 0 Å². The Kier molecular flexibility index (Phi) is 12.5. The lowest BCUT2D eigenvalue weighted by atomic mass is 9.96. The molecule has 0 aromatic heterocycles. The van der Waals surface area contributed by atoms with Crippen molar-refractivity contribution in [1.82, 2.24) is 10.6 Å². The summed E-state index contributed by atoms with van der Waals surface area (Å²) in [6.45, 7) is 4.83. The highest BCUT2D eigenvalue weighted by molar-refractivity contribution is 5.73. The lowest BCUT2D eigenvalue weighted by molar-refractivity contribution is -0.277. The van der Waals surface area contributed by atoms with Crippen LogP contribution >= 0.6 is 0 Å². The molecule has 0 aliphatic carbocycles. The zero-order valence-electron chi connectivity index (χ0n) is 21.8. The fourth-order valence-corrected chi connectivity index (χ4v) is 3.67. The van der Waals surface area contributed by atoms with Crippen LogP contribution in [0.1, 0.15) is 39.7 Å². The third-order valence-electron chi connectivity index (χ3n) is 5.16. The number of benzene rings is 1. The van der Waals surface area contributed by atoms with Gasteiger partial charge in [0.2, 0.25) is 5.91 Å². The molecule has 0 spiro atoms. The SMILES string of the molecule is CC(=O)N[C@H]1[C@H](OCCCNC(=O)OCc2ccccc2)O[C@H](COC(C)=O)[C@H](OC(C)=O)[C@@H]1OC(C)=O. The first-order valence-corrected chi connectivity index (χ1v) is 12.0. The van der Waals surface area contributed by atoms with E-state index >= 15 is 0 Å². The Morgan fingerprint density at radius 1 is 0.868 bits per heavy atom. The van der Waals surface area contributed by atoms with E-state index in [0.29, 0.717) is 6.42 Å². The molecule has 0 unspecified atom stereocenters. The first-order valence-electron chi connectivity index (χ1n) is 12.0. The maximum Gasteiger partial charge on any atom is 0.407 e. The molecule has 1 aliphatic heterocycles. The Morgan fingerprint density at radius 2 is 1.53 bits per heavy atom. The molecular weight excluding hydrogens is 504 g/mol. The average Bonchev–Trinajstić information content (AvgIpc) is 2.84. The third-order valence-corrected chi connectivity index (χ3v) is 5.16. The average molecular weight is 539 g/mol. The van der Waals surface area contributed by atoms with E-state index in [-0.39, 0.29) is 26.4 Å². The Labute approximate surface area is 220 Å². The van der Waals surface area contributed by atoms with Crippen molar-refractivity contribution < 1.29 is 52.4 Å². The minimum absolute atomic E-state index is 0.0605. The Hall–Kier alpha value is -3.71. The van der Waals surface area contributed by atoms with Crippen LogP contribution in [0, 0.1) is 0 Å². The summed E-state index contributed by atoms with van der Waals surface area (Å²) >= 11 is 0. The van der Waals surface area contributed by atoms with E-state index in [9.17, 15) is 24.0 Å². The van der Waals surface area contributed by atoms with Crippen molar-refractivity contribution >= 4 is 29.9 Å². The van der Waals surface area contributed by atoms with E-state index in [4.69, 9.17) is 28.4 Å². The summed E-state index contributed by atoms with van der Waals surface area (Å²) < 4.78 is 32.6. The van der Waals surface area contributed by atoms with Gasteiger partial charge in [-0.25, -0.2) is 4.79 Å². The van der Waals surface area contributed by atoms with Crippen molar-refractivity contribution in [2.75, 3.05) is 19.8 Å². The van der Waals surface area contributed by atoms with E-state index in [0.717, 1.165) is 19.4 Å². The van der Waals surface area contributed by atoms with Crippen LogP contribution in [0.3, 0.4) is 0 Å². The van der Waals surface area contributed by atoms with Crippen molar-refractivity contribution in [3.05, 3.63) is 35.9 Å². The molecule has 13 heteroatoms. The molecule has 2 N–H and O–H groups in total. The number of alkyl carbamates (subject to hydrolysis) is 1. The number of hydrogen-bond donors (Lipinski definition) is 2. The highest BCUT2D eigenvalue weighted by Crippen LogP contribution is 2.28. The first-order chi connectivity index (χ1) is 18.1. The summed E-state index contributed by atoms with van der Waals surface area (Å²) in [5.41, 5.74) is 0.849. The maximum absolute atomic E-state index is 11.9. The summed E-state index contributed by atoms with van der Waals surface area (Å²) in [5.74, 6) is -2.49. The summed E-state index contributed by atoms with van der Waals surface area (Å²) in [6, 6.07) is 8.15. The van der Waals surface area contributed by atoms with Gasteiger partial charge in [0.25, 0.3) is 0 Å². The van der Waals surface area contributed by atoms with E-state index in [1.54, 1.807) is 0 Å². The number of carbonyl (C=O) groups is 5. The first kappa shape index (κ1) is 30.5. The van der Waals surface area contributed by atoms with E-state index in [2.05, 4.69) is 10.6 Å². The Morgan fingerprint density at radius 3 is 2.13 bits per heavy atom. The molecule has 0 radical (unpaired) electrons. The van der Waals surface area contributed by atoms with E-state index in [1.165, 1.54) is 13.8 Å². The summed E-state index contributed by atoms with van der Waals surface area (Å²) in [5, 5.41) is 5.22. The maximum atomic E-state index is 11.9. The second-order valence-corrected chi connectivity index (χ2v) is 8.43. The number of amides is 2. The standard InChI is InChI=1S/C25H34N2O11/c1-15(28)27-21-23(37-18(4)31)22(36-17(3)30)20(14-34-16(2)29)38-24(21)33-12-8-11-26-25(32)35-13-19-9-6-5-7-10-19/h5-7,9-10,20-24H,8,11-14H2,1-4H3,(H,26,32)(H,27,28)/t20-,21-,22+,23-,24-/m1/s1. The van der Waals surface area contributed by atoms with Crippen molar-refractivity contribution in [3.8, 4) is 0 Å². The van der Waals surface area contributed by atoms with Crippen LogP contribution in [0.4, 0.5) is 4.79 Å². The number of hydrogen-bond acceptors (Lipinski definition) is 11. The molecule has 38 heavy (non-hydrogen) atoms. The van der Waals surface area contributed by atoms with Gasteiger partial charge in [-0.05, 0) is 12.0 Å². The zero-order valence-corrected chi connectivity index (χ0v) is 21.8. The molecule has 1 aromatic rings. The van der Waals surface area contributed by atoms with Crippen molar-refractivity contribution in [2.45, 2.75) is 71.4 Å². The molecular formula is C25H34N2O11. The van der Waals surface area contributed by atoms with Gasteiger partial charge in [0.1, 0.15) is 25.4 Å².